The van der Waals surface area contributed by atoms with Crippen LogP contribution in [0.2, 0.25) is 0 Å². The number of ketones is 1. The van der Waals surface area contributed by atoms with Crippen molar-refractivity contribution in [3.8, 4) is 6.07 Å². The number of nitrogens with two attached hydrogens (primary N) is 1. The van der Waals surface area contributed by atoms with Crippen molar-refractivity contribution < 1.29 is 4.79 Å². The number of anilines is 1. The molecule has 2 N–H and O–H groups in total. The third kappa shape index (κ3) is 4.42. The van der Waals surface area contributed by atoms with E-state index in [4.69, 9.17) is 11.0 Å². The molecule has 194 valence electrons. The first-order valence-corrected chi connectivity index (χ1v) is 13.9. The van der Waals surface area contributed by atoms with Gasteiger partial charge in [0, 0.05) is 34.6 Å². The topological polar surface area (TPSA) is 79.8 Å². The monoisotopic (exact) mass is 511 g/mol. The third-order valence-corrected chi connectivity index (χ3v) is 8.75. The second-order valence-corrected chi connectivity index (χ2v) is 11.6. The molecular formula is C35H33N3O. The van der Waals surface area contributed by atoms with E-state index in [0.717, 1.165) is 44.9 Å². The summed E-state index contributed by atoms with van der Waals surface area (Å²) in [7, 11) is 0. The predicted molar refractivity (Wildman–Crippen MR) is 159 cm³/mol. The second kappa shape index (κ2) is 9.82. The van der Waals surface area contributed by atoms with Crippen molar-refractivity contribution in [3.63, 3.8) is 0 Å². The maximum absolute atomic E-state index is 13.2. The Morgan fingerprint density at radius 1 is 1.03 bits per heavy atom. The lowest BCUT2D eigenvalue weighted by molar-refractivity contribution is 0.0985. The fraction of sp³-hybridized carbons (Fsp3) is 0.286. The number of nitrogen functional groups attached to an aromatic ring is 1. The minimum absolute atomic E-state index is 0.0533. The van der Waals surface area contributed by atoms with E-state index >= 15 is 0 Å². The molecule has 3 aliphatic carbocycles. The van der Waals surface area contributed by atoms with Gasteiger partial charge in [-0.15, -0.1) is 0 Å². The number of nitrogens with zero attached hydrogens (tertiary/aromatic N) is 2. The highest BCUT2D eigenvalue weighted by atomic mass is 16.1. The van der Waals surface area contributed by atoms with Crippen LogP contribution in [0.15, 0.2) is 78.5 Å². The standard InChI is InChI=1S/C25H27NO.C10H6N2/c1-25(2)13-5-8-17-18-11-12-20-19(23(18)22(27)14-21(17)25)10-9-16(24(20)26)15-6-3-4-7-15;11-6-8-5-9-3-1-2-4-10(9)12-7-8/h5,8-12,15H,3-4,6-7,13-14,26H2,1-2H3;1-5,7H. The zero-order chi connectivity index (χ0) is 27.1. The molecule has 1 aromatic heterocycles. The van der Waals surface area contributed by atoms with Crippen LogP contribution in [-0.4, -0.2) is 10.8 Å². The first-order chi connectivity index (χ1) is 18.9. The Balaban J connectivity index is 0.000000193. The lowest BCUT2D eigenvalue weighted by atomic mass is 9.68. The van der Waals surface area contributed by atoms with Gasteiger partial charge in [-0.1, -0.05) is 81.3 Å². The van der Waals surface area contributed by atoms with E-state index in [1.807, 2.05) is 30.3 Å². The van der Waals surface area contributed by atoms with E-state index in [1.54, 1.807) is 6.20 Å². The molecule has 3 aliphatic rings. The van der Waals surface area contributed by atoms with Gasteiger partial charge in [-0.05, 0) is 70.4 Å². The molecule has 1 fully saturated rings. The van der Waals surface area contributed by atoms with Gasteiger partial charge in [-0.25, -0.2) is 0 Å². The highest BCUT2D eigenvalue weighted by molar-refractivity contribution is 6.17. The van der Waals surface area contributed by atoms with Gasteiger partial charge in [0.1, 0.15) is 6.07 Å². The number of pyridine rings is 1. The number of carbonyl (C=O) groups excluding carboxylic acids is 1. The summed E-state index contributed by atoms with van der Waals surface area (Å²) in [5.41, 5.74) is 14.9. The summed E-state index contributed by atoms with van der Waals surface area (Å²) in [6.45, 7) is 4.49. The normalized spacial score (nSPS) is 17.9. The van der Waals surface area contributed by atoms with E-state index < -0.39 is 0 Å². The van der Waals surface area contributed by atoms with Gasteiger partial charge in [0.15, 0.2) is 5.78 Å². The number of fused-ring (bicyclic) bond motifs is 5. The smallest absolute Gasteiger partial charge is 0.168 e. The zero-order valence-corrected chi connectivity index (χ0v) is 22.6. The first kappa shape index (κ1) is 25.1. The van der Waals surface area contributed by atoms with Crippen molar-refractivity contribution in [1.82, 2.24) is 4.98 Å². The van der Waals surface area contributed by atoms with Gasteiger partial charge in [-0.2, -0.15) is 5.26 Å². The number of hydrogen-bond acceptors (Lipinski definition) is 4. The maximum Gasteiger partial charge on any atom is 0.168 e. The number of hydrogen-bond donors (Lipinski definition) is 1. The lowest BCUT2D eigenvalue weighted by Crippen LogP contribution is -2.24. The Morgan fingerprint density at radius 3 is 2.59 bits per heavy atom. The van der Waals surface area contributed by atoms with Crippen molar-refractivity contribution in [3.05, 3.63) is 101 Å². The molecule has 0 saturated heterocycles. The Hall–Kier alpha value is -4.23. The molecule has 4 heteroatoms. The largest absolute Gasteiger partial charge is 0.398 e. The number of rotatable bonds is 1. The average Bonchev–Trinajstić information content (AvgIpc) is 3.48. The van der Waals surface area contributed by atoms with Gasteiger partial charge in [-0.3, -0.25) is 9.78 Å². The average molecular weight is 512 g/mol. The quantitative estimate of drug-likeness (QED) is 0.260. The highest BCUT2D eigenvalue weighted by Gasteiger charge is 2.35. The number of para-hydroxylation sites is 1. The lowest BCUT2D eigenvalue weighted by Gasteiger charge is -2.35. The van der Waals surface area contributed by atoms with Crippen LogP contribution >= 0.6 is 0 Å². The van der Waals surface area contributed by atoms with Crippen molar-refractivity contribution >= 4 is 38.7 Å². The Kier molecular flexibility index (Phi) is 6.31. The molecule has 4 aromatic rings. The Labute approximate surface area is 229 Å². The molecule has 1 heterocycles. The van der Waals surface area contributed by atoms with Crippen LogP contribution < -0.4 is 5.73 Å². The molecule has 0 bridgehead atoms. The van der Waals surface area contributed by atoms with Gasteiger partial charge < -0.3 is 5.73 Å². The van der Waals surface area contributed by atoms with E-state index in [9.17, 15) is 4.79 Å². The van der Waals surface area contributed by atoms with Crippen LogP contribution in [0.5, 0.6) is 0 Å². The molecular weight excluding hydrogens is 478 g/mol. The van der Waals surface area contributed by atoms with Gasteiger partial charge in [0.25, 0.3) is 0 Å². The van der Waals surface area contributed by atoms with Gasteiger partial charge in [0.05, 0.1) is 11.1 Å². The molecule has 1 saturated carbocycles. The molecule has 0 amide bonds. The number of nitriles is 1. The summed E-state index contributed by atoms with van der Waals surface area (Å²) in [5.74, 6) is 0.822. The summed E-state index contributed by atoms with van der Waals surface area (Å²) in [4.78, 5) is 17.3. The van der Waals surface area contributed by atoms with E-state index in [2.05, 4.69) is 61.3 Å². The van der Waals surface area contributed by atoms with Crippen LogP contribution in [0.1, 0.15) is 85.3 Å². The third-order valence-electron chi connectivity index (χ3n) is 8.75. The van der Waals surface area contributed by atoms with Crippen molar-refractivity contribution in [2.75, 3.05) is 5.73 Å². The molecule has 0 spiro atoms. The fourth-order valence-corrected chi connectivity index (χ4v) is 6.59. The van der Waals surface area contributed by atoms with Crippen molar-refractivity contribution in [2.24, 2.45) is 5.41 Å². The number of benzene rings is 3. The molecule has 0 atom stereocenters. The van der Waals surface area contributed by atoms with Crippen molar-refractivity contribution in [2.45, 2.75) is 58.3 Å². The molecule has 0 unspecified atom stereocenters. The van der Waals surface area contributed by atoms with Gasteiger partial charge in [0.2, 0.25) is 0 Å². The summed E-state index contributed by atoms with van der Waals surface area (Å²) >= 11 is 0. The van der Waals surface area contributed by atoms with Crippen LogP contribution in [0.4, 0.5) is 5.69 Å². The van der Waals surface area contributed by atoms with E-state index in [-0.39, 0.29) is 11.2 Å². The number of carbonyl (C=O) groups is 1. The maximum atomic E-state index is 13.2. The summed E-state index contributed by atoms with van der Waals surface area (Å²) in [5, 5.41) is 11.7. The molecule has 3 aromatic carbocycles. The van der Waals surface area contributed by atoms with Crippen LogP contribution in [0.3, 0.4) is 0 Å². The van der Waals surface area contributed by atoms with Crippen LogP contribution in [0.25, 0.3) is 27.2 Å². The molecule has 4 nitrogen and oxygen atoms in total. The number of aromatic nitrogens is 1. The minimum atomic E-state index is 0.0533. The molecule has 39 heavy (non-hydrogen) atoms. The van der Waals surface area contributed by atoms with Gasteiger partial charge >= 0.3 is 0 Å². The zero-order valence-electron chi connectivity index (χ0n) is 22.6. The van der Waals surface area contributed by atoms with E-state index in [1.165, 1.54) is 42.4 Å². The fourth-order valence-electron chi connectivity index (χ4n) is 6.59. The SMILES string of the molecule is CC1(C)CC=CC2=C1CC(=O)c1c2ccc2c(N)c(C3CCCC3)ccc12.N#Cc1cnc2ccccc2c1. The highest BCUT2D eigenvalue weighted by Crippen LogP contribution is 2.48. The van der Waals surface area contributed by atoms with E-state index in [0.29, 0.717) is 17.9 Å². The molecule has 7 rings (SSSR count). The first-order valence-electron chi connectivity index (χ1n) is 13.9. The summed E-state index contributed by atoms with van der Waals surface area (Å²) in [6, 6.07) is 20.2. The predicted octanol–water partition coefficient (Wildman–Crippen LogP) is 8.51. The Bertz CT molecular complexity index is 1730. The van der Waals surface area contributed by atoms with Crippen LogP contribution in [-0.2, 0) is 0 Å². The summed E-state index contributed by atoms with van der Waals surface area (Å²) < 4.78 is 0. The summed E-state index contributed by atoms with van der Waals surface area (Å²) in [6.07, 6.45) is 12.6. The molecule has 0 aliphatic heterocycles. The van der Waals surface area contributed by atoms with Crippen LogP contribution in [0, 0.1) is 16.7 Å². The number of Topliss-reactive ketones (excluding diaryl/α,β-unsaturated/α-hetero) is 1. The number of allylic oxidation sites excluding steroid dienone is 4. The van der Waals surface area contributed by atoms with Crippen molar-refractivity contribution in [1.29, 1.82) is 5.26 Å². The Morgan fingerprint density at radius 2 is 1.79 bits per heavy atom. The second-order valence-electron chi connectivity index (χ2n) is 11.6. The molecule has 0 radical (unpaired) electrons. The minimum Gasteiger partial charge on any atom is -0.398 e.